The van der Waals surface area contributed by atoms with Gasteiger partial charge in [0.1, 0.15) is 5.54 Å². The molecular formula is C15H23BrN2O3. The molecule has 0 bridgehead atoms. The lowest BCUT2D eigenvalue weighted by molar-refractivity contribution is -0.134. The van der Waals surface area contributed by atoms with Gasteiger partial charge in [0.05, 0.1) is 0 Å². The quantitative estimate of drug-likeness (QED) is 0.622. The third kappa shape index (κ3) is 2.72. The van der Waals surface area contributed by atoms with E-state index in [1.807, 2.05) is 0 Å². The molecule has 3 amide bonds. The number of ether oxygens (including phenoxy) is 1. The molecule has 0 radical (unpaired) electrons. The molecule has 1 saturated carbocycles. The molecule has 0 unspecified atom stereocenters. The van der Waals surface area contributed by atoms with Crippen molar-refractivity contribution in [1.82, 2.24) is 10.2 Å². The van der Waals surface area contributed by atoms with Crippen molar-refractivity contribution < 1.29 is 14.3 Å². The van der Waals surface area contributed by atoms with Gasteiger partial charge in [0.25, 0.3) is 5.91 Å². The van der Waals surface area contributed by atoms with Crippen molar-refractivity contribution in [3.8, 4) is 0 Å². The van der Waals surface area contributed by atoms with Crippen LogP contribution in [0.15, 0.2) is 0 Å². The van der Waals surface area contributed by atoms with Crippen LogP contribution in [0.2, 0.25) is 0 Å². The van der Waals surface area contributed by atoms with Crippen LogP contribution in [-0.2, 0) is 9.53 Å². The van der Waals surface area contributed by atoms with Crippen molar-refractivity contribution >= 4 is 27.9 Å². The maximum atomic E-state index is 12.8. The summed E-state index contributed by atoms with van der Waals surface area (Å²) in [5.74, 6) is -0.000910. The minimum Gasteiger partial charge on any atom is -0.381 e. The lowest BCUT2D eigenvalue weighted by atomic mass is 9.80. The molecule has 3 fully saturated rings. The summed E-state index contributed by atoms with van der Waals surface area (Å²) in [5.41, 5.74) is -0.639. The van der Waals surface area contributed by atoms with Crippen LogP contribution in [0.5, 0.6) is 0 Å². The average molecular weight is 359 g/mol. The van der Waals surface area contributed by atoms with E-state index in [0.29, 0.717) is 19.8 Å². The van der Waals surface area contributed by atoms with E-state index in [9.17, 15) is 9.59 Å². The highest BCUT2D eigenvalue weighted by Crippen LogP contribution is 2.38. The lowest BCUT2D eigenvalue weighted by Gasteiger charge is -2.38. The van der Waals surface area contributed by atoms with Gasteiger partial charge in [0.15, 0.2) is 0 Å². The Labute approximate surface area is 133 Å². The second kappa shape index (κ2) is 5.88. The van der Waals surface area contributed by atoms with Crippen LogP contribution in [-0.4, -0.2) is 47.5 Å². The number of halogens is 1. The van der Waals surface area contributed by atoms with Crippen molar-refractivity contribution in [3.63, 3.8) is 0 Å². The Morgan fingerprint density at radius 1 is 1.10 bits per heavy atom. The van der Waals surface area contributed by atoms with Gasteiger partial charge >= 0.3 is 6.03 Å². The summed E-state index contributed by atoms with van der Waals surface area (Å²) >= 11 is 3.58. The van der Waals surface area contributed by atoms with E-state index in [-0.39, 0.29) is 17.4 Å². The summed E-state index contributed by atoms with van der Waals surface area (Å²) in [5, 5.41) is 3.79. The van der Waals surface area contributed by atoms with Crippen molar-refractivity contribution in [2.24, 2.45) is 5.41 Å². The topological polar surface area (TPSA) is 58.6 Å². The maximum Gasteiger partial charge on any atom is 0.325 e. The Morgan fingerprint density at radius 2 is 1.76 bits per heavy atom. The molecular weight excluding hydrogens is 336 g/mol. The highest BCUT2D eigenvalue weighted by atomic mass is 79.9. The second-order valence-corrected chi connectivity index (χ2v) is 7.27. The molecule has 0 aromatic heterocycles. The summed E-state index contributed by atoms with van der Waals surface area (Å²) in [6.07, 6.45) is 6.57. The molecule has 5 nitrogen and oxygen atoms in total. The van der Waals surface area contributed by atoms with Gasteiger partial charge in [-0.3, -0.25) is 9.69 Å². The zero-order valence-corrected chi connectivity index (χ0v) is 13.9. The summed E-state index contributed by atoms with van der Waals surface area (Å²) in [6.45, 7) is 1.93. The third-order valence-electron chi connectivity index (χ3n) is 5.28. The molecule has 1 spiro atoms. The normalized spacial score (nSPS) is 28.0. The molecule has 6 heteroatoms. The number of nitrogens with one attached hydrogen (secondary N) is 1. The molecule has 2 saturated heterocycles. The fourth-order valence-electron chi connectivity index (χ4n) is 3.79. The largest absolute Gasteiger partial charge is 0.381 e. The summed E-state index contributed by atoms with van der Waals surface area (Å²) in [4.78, 5) is 26.6. The highest BCUT2D eigenvalue weighted by Gasteiger charge is 2.52. The number of hydrogen-bond donors (Lipinski definition) is 1. The van der Waals surface area contributed by atoms with Gasteiger partial charge in [-0.15, -0.1) is 0 Å². The zero-order valence-electron chi connectivity index (χ0n) is 12.3. The van der Waals surface area contributed by atoms with Crippen LogP contribution in [0.25, 0.3) is 0 Å². The molecule has 21 heavy (non-hydrogen) atoms. The first-order chi connectivity index (χ1) is 10.1. The SMILES string of the molecule is O=C1NC2(CCCCC2)C(=O)N1CC1(CBr)CCOCC1. The van der Waals surface area contributed by atoms with Gasteiger partial charge in [0, 0.05) is 30.5 Å². The molecule has 2 aliphatic heterocycles. The number of nitrogens with zero attached hydrogens (tertiary/aromatic N) is 1. The Bertz CT molecular complexity index is 429. The highest BCUT2D eigenvalue weighted by molar-refractivity contribution is 9.09. The second-order valence-electron chi connectivity index (χ2n) is 6.71. The van der Waals surface area contributed by atoms with Gasteiger partial charge in [-0.25, -0.2) is 4.79 Å². The molecule has 1 aliphatic carbocycles. The fourth-order valence-corrected chi connectivity index (χ4v) is 4.53. The van der Waals surface area contributed by atoms with Crippen molar-refractivity contribution in [1.29, 1.82) is 0 Å². The van der Waals surface area contributed by atoms with Crippen LogP contribution in [0.1, 0.15) is 44.9 Å². The van der Waals surface area contributed by atoms with Crippen LogP contribution >= 0.6 is 15.9 Å². The van der Waals surface area contributed by atoms with Crippen LogP contribution in [0, 0.1) is 5.41 Å². The van der Waals surface area contributed by atoms with E-state index in [0.717, 1.165) is 50.3 Å². The van der Waals surface area contributed by atoms with Crippen LogP contribution in [0.3, 0.4) is 0 Å². The Morgan fingerprint density at radius 3 is 2.38 bits per heavy atom. The Balaban J connectivity index is 1.75. The molecule has 118 valence electrons. The summed E-state index contributed by atoms with van der Waals surface area (Å²) in [6, 6.07) is -0.200. The third-order valence-corrected chi connectivity index (χ3v) is 6.47. The van der Waals surface area contributed by atoms with E-state index >= 15 is 0 Å². The van der Waals surface area contributed by atoms with E-state index in [2.05, 4.69) is 21.2 Å². The smallest absolute Gasteiger partial charge is 0.325 e. The lowest BCUT2D eigenvalue weighted by Crippen LogP contribution is -2.49. The number of urea groups is 1. The number of hydrogen-bond acceptors (Lipinski definition) is 3. The molecule has 0 aromatic rings. The van der Waals surface area contributed by atoms with E-state index in [1.165, 1.54) is 4.90 Å². The van der Waals surface area contributed by atoms with Gasteiger partial charge in [-0.1, -0.05) is 35.2 Å². The minimum absolute atomic E-state index is 0.000910. The monoisotopic (exact) mass is 358 g/mol. The van der Waals surface area contributed by atoms with Crippen LogP contribution < -0.4 is 5.32 Å². The number of amides is 3. The number of carbonyl (C=O) groups excluding carboxylic acids is 2. The molecule has 3 rings (SSSR count). The van der Waals surface area contributed by atoms with Crippen molar-refractivity contribution in [2.75, 3.05) is 25.1 Å². The van der Waals surface area contributed by atoms with Crippen LogP contribution in [0.4, 0.5) is 4.79 Å². The summed E-state index contributed by atoms with van der Waals surface area (Å²) < 4.78 is 5.43. The summed E-state index contributed by atoms with van der Waals surface area (Å²) in [7, 11) is 0. The molecule has 2 heterocycles. The Kier molecular flexibility index (Phi) is 4.28. The number of imide groups is 1. The first kappa shape index (κ1) is 15.3. The van der Waals surface area contributed by atoms with Gasteiger partial charge < -0.3 is 10.1 Å². The standard InChI is InChI=1S/C15H23BrN2O3/c16-10-14(6-8-21-9-7-14)11-18-12(19)15(17-13(18)20)4-2-1-3-5-15/h1-11H2,(H,17,20). The van der Waals surface area contributed by atoms with E-state index in [4.69, 9.17) is 4.74 Å². The Hall–Kier alpha value is -0.620. The van der Waals surface area contributed by atoms with Gasteiger partial charge in [-0.05, 0) is 25.7 Å². The molecule has 0 atom stereocenters. The number of alkyl halides is 1. The predicted molar refractivity (Wildman–Crippen MR) is 82.3 cm³/mol. The fraction of sp³-hybridized carbons (Fsp3) is 0.867. The van der Waals surface area contributed by atoms with E-state index in [1.54, 1.807) is 0 Å². The number of carbonyl (C=O) groups is 2. The van der Waals surface area contributed by atoms with E-state index < -0.39 is 5.54 Å². The predicted octanol–water partition coefficient (Wildman–Crippen LogP) is 2.43. The average Bonchev–Trinajstić information content (AvgIpc) is 2.73. The maximum absolute atomic E-state index is 12.8. The van der Waals surface area contributed by atoms with Crippen molar-refractivity contribution in [2.45, 2.75) is 50.5 Å². The molecule has 0 aromatic carbocycles. The molecule has 3 aliphatic rings. The van der Waals surface area contributed by atoms with Crippen molar-refractivity contribution in [3.05, 3.63) is 0 Å². The minimum atomic E-state index is -0.603. The van der Waals surface area contributed by atoms with Gasteiger partial charge in [-0.2, -0.15) is 0 Å². The molecule has 1 N–H and O–H groups in total. The first-order valence-corrected chi connectivity index (χ1v) is 9.01. The van der Waals surface area contributed by atoms with Gasteiger partial charge in [0.2, 0.25) is 0 Å². The zero-order chi connectivity index (χ0) is 14.9. The first-order valence-electron chi connectivity index (χ1n) is 7.89. The number of rotatable bonds is 3.